The number of ether oxygens (including phenoxy) is 2. The van der Waals surface area contributed by atoms with E-state index in [9.17, 15) is 19.7 Å². The molecular weight excluding hydrogens is 426 g/mol. The van der Waals surface area contributed by atoms with Crippen molar-refractivity contribution in [3.8, 4) is 11.5 Å². The normalized spacial score (nSPS) is 16.4. The number of hydrogen-bond donors (Lipinski definition) is 1. The summed E-state index contributed by atoms with van der Waals surface area (Å²) < 4.78 is 11.0. The summed E-state index contributed by atoms with van der Waals surface area (Å²) in [5.74, 6) is -0.459. The number of non-ortho nitro benzene ring substituents is 1. The fraction of sp³-hybridized carbons (Fsp3) is 0.333. The van der Waals surface area contributed by atoms with Crippen molar-refractivity contribution < 1.29 is 24.0 Å². The molecule has 10 heteroatoms. The number of hydrogen-bond acceptors (Lipinski definition) is 6. The summed E-state index contributed by atoms with van der Waals surface area (Å²) in [7, 11) is 1.45. The van der Waals surface area contributed by atoms with E-state index in [1.807, 2.05) is 13.8 Å². The summed E-state index contributed by atoms with van der Waals surface area (Å²) in [6.45, 7) is 5.17. The zero-order valence-corrected chi connectivity index (χ0v) is 18.2. The Bertz CT molecular complexity index is 1040. The van der Waals surface area contributed by atoms with Crippen molar-refractivity contribution in [1.29, 1.82) is 0 Å². The first-order valence-electron chi connectivity index (χ1n) is 9.56. The maximum Gasteiger partial charge on any atom is 0.271 e. The van der Waals surface area contributed by atoms with Crippen LogP contribution in [0.1, 0.15) is 20.8 Å². The predicted molar refractivity (Wildman–Crippen MR) is 116 cm³/mol. The van der Waals surface area contributed by atoms with E-state index < -0.39 is 28.9 Å². The molecule has 1 N–H and O–H groups in total. The second-order valence-electron chi connectivity index (χ2n) is 7.41. The Morgan fingerprint density at radius 1 is 1.26 bits per heavy atom. The molecular formula is C21H22ClN3O6. The molecule has 164 valence electrons. The maximum atomic E-state index is 13.2. The fourth-order valence-corrected chi connectivity index (χ4v) is 3.48. The standard InChI is InChI=1S/C21H22ClN3O6/c1-11(2)19-21(27)24(16-10-14(25(28)29)6-8-18(16)31-19)12(3)20(26)23-15-9-13(22)5-7-17(15)30-4/h5-12,19H,1-4H3,(H,23,26). The van der Waals surface area contributed by atoms with Crippen LogP contribution in [0, 0.1) is 16.0 Å². The molecule has 2 aromatic rings. The lowest BCUT2D eigenvalue weighted by Crippen LogP contribution is -2.55. The molecule has 9 nitrogen and oxygen atoms in total. The molecule has 0 saturated carbocycles. The maximum absolute atomic E-state index is 13.2. The second kappa shape index (κ2) is 8.81. The molecule has 2 unspecified atom stereocenters. The zero-order valence-electron chi connectivity index (χ0n) is 17.4. The highest BCUT2D eigenvalue weighted by Crippen LogP contribution is 2.39. The molecule has 1 heterocycles. The van der Waals surface area contributed by atoms with E-state index in [-0.39, 0.29) is 17.3 Å². The third kappa shape index (κ3) is 4.41. The largest absolute Gasteiger partial charge is 0.495 e. The van der Waals surface area contributed by atoms with Gasteiger partial charge in [-0.25, -0.2) is 0 Å². The van der Waals surface area contributed by atoms with Crippen LogP contribution in [-0.4, -0.2) is 36.0 Å². The second-order valence-corrected chi connectivity index (χ2v) is 7.85. The summed E-state index contributed by atoms with van der Waals surface area (Å²) in [6.07, 6.45) is -0.829. The van der Waals surface area contributed by atoms with Gasteiger partial charge < -0.3 is 14.8 Å². The van der Waals surface area contributed by atoms with Crippen molar-refractivity contribution in [2.24, 2.45) is 5.92 Å². The molecule has 0 spiro atoms. The van der Waals surface area contributed by atoms with Gasteiger partial charge in [0.1, 0.15) is 17.5 Å². The van der Waals surface area contributed by atoms with Crippen molar-refractivity contribution in [2.45, 2.75) is 32.9 Å². The van der Waals surface area contributed by atoms with Crippen molar-refractivity contribution in [2.75, 3.05) is 17.3 Å². The number of carbonyl (C=O) groups excluding carboxylic acids is 2. The van der Waals surface area contributed by atoms with Crippen LogP contribution in [0.15, 0.2) is 36.4 Å². The number of amides is 2. The molecule has 1 aliphatic rings. The Balaban J connectivity index is 2.00. The van der Waals surface area contributed by atoms with Gasteiger partial charge in [0.2, 0.25) is 5.91 Å². The molecule has 0 fully saturated rings. The van der Waals surface area contributed by atoms with Crippen LogP contribution >= 0.6 is 11.6 Å². The average Bonchev–Trinajstić information content (AvgIpc) is 2.72. The molecule has 0 saturated heterocycles. The Hall–Kier alpha value is -3.33. The SMILES string of the molecule is COc1ccc(Cl)cc1NC(=O)C(C)N1C(=O)C(C(C)C)Oc2ccc([N+](=O)[O-])cc21. The summed E-state index contributed by atoms with van der Waals surface area (Å²) in [5, 5.41) is 14.4. The number of nitrogens with one attached hydrogen (secondary N) is 1. The number of anilines is 2. The molecule has 1 aliphatic heterocycles. The first-order valence-corrected chi connectivity index (χ1v) is 9.94. The summed E-state index contributed by atoms with van der Waals surface area (Å²) in [4.78, 5) is 38.2. The smallest absolute Gasteiger partial charge is 0.271 e. The Morgan fingerprint density at radius 2 is 1.97 bits per heavy atom. The fourth-order valence-electron chi connectivity index (χ4n) is 3.30. The minimum Gasteiger partial charge on any atom is -0.495 e. The average molecular weight is 448 g/mol. The van der Waals surface area contributed by atoms with Crippen LogP contribution in [0.25, 0.3) is 0 Å². The number of rotatable bonds is 6. The molecule has 2 aromatic carbocycles. The van der Waals surface area contributed by atoms with Gasteiger partial charge in [-0.1, -0.05) is 25.4 Å². The van der Waals surface area contributed by atoms with Gasteiger partial charge in [-0.3, -0.25) is 24.6 Å². The van der Waals surface area contributed by atoms with E-state index in [1.54, 1.807) is 12.1 Å². The van der Waals surface area contributed by atoms with Crippen LogP contribution in [-0.2, 0) is 9.59 Å². The van der Waals surface area contributed by atoms with Crippen molar-refractivity contribution >= 4 is 40.5 Å². The van der Waals surface area contributed by atoms with Crippen LogP contribution in [0.4, 0.5) is 17.1 Å². The molecule has 0 bridgehead atoms. The number of nitro groups is 1. The first kappa shape index (κ1) is 22.4. The highest BCUT2D eigenvalue weighted by molar-refractivity contribution is 6.31. The molecule has 0 aromatic heterocycles. The molecule has 0 radical (unpaired) electrons. The third-order valence-corrected chi connectivity index (χ3v) is 5.17. The van der Waals surface area contributed by atoms with Gasteiger partial charge in [-0.2, -0.15) is 0 Å². The number of halogens is 1. The van der Waals surface area contributed by atoms with E-state index in [0.29, 0.717) is 22.2 Å². The highest BCUT2D eigenvalue weighted by atomic mass is 35.5. The monoisotopic (exact) mass is 447 g/mol. The number of nitro benzene ring substituents is 1. The van der Waals surface area contributed by atoms with E-state index in [2.05, 4.69) is 5.32 Å². The van der Waals surface area contributed by atoms with E-state index in [0.717, 1.165) is 0 Å². The number of nitrogens with zero attached hydrogens (tertiary/aromatic N) is 2. The number of fused-ring (bicyclic) bond motifs is 1. The van der Waals surface area contributed by atoms with Crippen molar-refractivity contribution in [3.05, 3.63) is 51.5 Å². The van der Waals surface area contributed by atoms with Crippen molar-refractivity contribution in [1.82, 2.24) is 0 Å². The first-order chi connectivity index (χ1) is 14.6. The number of benzene rings is 2. The van der Waals surface area contributed by atoms with Crippen LogP contribution in [0.3, 0.4) is 0 Å². The van der Waals surface area contributed by atoms with E-state index >= 15 is 0 Å². The molecule has 2 atom stereocenters. The van der Waals surface area contributed by atoms with Gasteiger partial charge in [-0.15, -0.1) is 0 Å². The van der Waals surface area contributed by atoms with Crippen LogP contribution < -0.4 is 19.7 Å². The molecule has 3 rings (SSSR count). The van der Waals surface area contributed by atoms with Gasteiger partial charge in [0, 0.05) is 17.2 Å². The van der Waals surface area contributed by atoms with E-state index in [4.69, 9.17) is 21.1 Å². The third-order valence-electron chi connectivity index (χ3n) is 4.94. The van der Waals surface area contributed by atoms with Gasteiger partial charge >= 0.3 is 0 Å². The number of carbonyl (C=O) groups is 2. The molecule has 0 aliphatic carbocycles. The van der Waals surface area contributed by atoms with Crippen molar-refractivity contribution in [3.63, 3.8) is 0 Å². The Labute approximate surface area is 184 Å². The Kier molecular flexibility index (Phi) is 6.35. The highest BCUT2D eigenvalue weighted by Gasteiger charge is 2.41. The van der Waals surface area contributed by atoms with Crippen LogP contribution in [0.5, 0.6) is 11.5 Å². The number of methoxy groups -OCH3 is 1. The summed E-state index contributed by atoms with van der Waals surface area (Å²) in [5.41, 5.74) is 0.288. The predicted octanol–water partition coefficient (Wildman–Crippen LogP) is 4.03. The Morgan fingerprint density at radius 3 is 2.58 bits per heavy atom. The molecule has 31 heavy (non-hydrogen) atoms. The van der Waals surface area contributed by atoms with Gasteiger partial charge in [0.05, 0.1) is 23.4 Å². The van der Waals surface area contributed by atoms with Gasteiger partial charge in [0.15, 0.2) is 6.10 Å². The lowest BCUT2D eigenvalue weighted by atomic mass is 10.0. The van der Waals surface area contributed by atoms with Gasteiger partial charge in [-0.05, 0) is 37.1 Å². The summed E-state index contributed by atoms with van der Waals surface area (Å²) in [6, 6.07) is 7.72. The molecule has 2 amide bonds. The van der Waals surface area contributed by atoms with E-state index in [1.165, 1.54) is 43.2 Å². The topological polar surface area (TPSA) is 111 Å². The zero-order chi connectivity index (χ0) is 22.9. The van der Waals surface area contributed by atoms with Gasteiger partial charge in [0.25, 0.3) is 11.6 Å². The lowest BCUT2D eigenvalue weighted by Gasteiger charge is -2.38. The van der Waals surface area contributed by atoms with Crippen LogP contribution in [0.2, 0.25) is 5.02 Å². The minimum absolute atomic E-state index is 0.164. The lowest BCUT2D eigenvalue weighted by molar-refractivity contribution is -0.384. The summed E-state index contributed by atoms with van der Waals surface area (Å²) >= 11 is 6.02. The quantitative estimate of drug-likeness (QED) is 0.528. The minimum atomic E-state index is -0.998.